The first kappa shape index (κ1) is 22.2. The van der Waals surface area contributed by atoms with Gasteiger partial charge >= 0.3 is 0 Å². The molecule has 0 amide bonds. The van der Waals surface area contributed by atoms with Crippen molar-refractivity contribution in [1.82, 2.24) is 9.03 Å². The highest BCUT2D eigenvalue weighted by atomic mass is 32.2. The second-order valence-corrected chi connectivity index (χ2v) is 10.9. The van der Waals surface area contributed by atoms with Crippen LogP contribution in [0, 0.1) is 0 Å². The van der Waals surface area contributed by atoms with Crippen molar-refractivity contribution in [1.29, 1.82) is 0 Å². The van der Waals surface area contributed by atoms with Gasteiger partial charge in [-0.1, -0.05) is 66.7 Å². The minimum atomic E-state index is -3.97. The highest BCUT2D eigenvalue weighted by Gasteiger charge is 2.24. The topological polar surface area (TPSA) is 83.6 Å². The van der Waals surface area contributed by atoms with Gasteiger partial charge in [-0.25, -0.2) is 25.9 Å². The molecule has 0 aliphatic rings. The Balaban J connectivity index is 1.96. The quantitative estimate of drug-likeness (QED) is 0.578. The summed E-state index contributed by atoms with van der Waals surface area (Å²) in [5.74, 6) is 0. The van der Waals surface area contributed by atoms with E-state index >= 15 is 0 Å². The van der Waals surface area contributed by atoms with Crippen LogP contribution in [0.2, 0.25) is 0 Å². The Bertz CT molecular complexity index is 1190. The second-order valence-electron chi connectivity index (χ2n) is 7.04. The van der Waals surface area contributed by atoms with Crippen molar-refractivity contribution < 1.29 is 16.8 Å². The summed E-state index contributed by atoms with van der Waals surface area (Å²) in [6.07, 6.45) is 0.458. The molecule has 0 aromatic heterocycles. The Morgan fingerprint density at radius 2 is 1.33 bits per heavy atom. The summed E-state index contributed by atoms with van der Waals surface area (Å²) in [5, 5.41) is 0. The lowest BCUT2D eigenvalue weighted by Crippen LogP contribution is -2.30. The molecule has 0 saturated carbocycles. The summed E-state index contributed by atoms with van der Waals surface area (Å²) in [7, 11) is -4.91. The molecule has 0 fully saturated rings. The number of sulfonamides is 2. The first-order valence-electron chi connectivity index (χ1n) is 9.34. The summed E-state index contributed by atoms with van der Waals surface area (Å²) in [6, 6.07) is 23.8. The van der Waals surface area contributed by atoms with Crippen molar-refractivity contribution in [3.05, 3.63) is 96.1 Å². The Morgan fingerprint density at radius 1 is 0.767 bits per heavy atom. The van der Waals surface area contributed by atoms with Gasteiger partial charge in [0, 0.05) is 14.1 Å². The molecule has 3 aromatic rings. The lowest BCUT2D eigenvalue weighted by molar-refractivity contribution is 0.520. The molecule has 0 aliphatic heterocycles. The first-order chi connectivity index (χ1) is 14.2. The van der Waals surface area contributed by atoms with Crippen molar-refractivity contribution in [3.8, 4) is 0 Å². The molecular weight excluding hydrogens is 420 g/mol. The maximum absolute atomic E-state index is 13.1. The summed E-state index contributed by atoms with van der Waals surface area (Å²) in [4.78, 5) is -0.172. The average Bonchev–Trinajstić information content (AvgIpc) is 2.74. The summed E-state index contributed by atoms with van der Waals surface area (Å²) >= 11 is 0. The minimum absolute atomic E-state index is 0.0744. The molecule has 6 nitrogen and oxygen atoms in total. The van der Waals surface area contributed by atoms with Crippen LogP contribution in [0.15, 0.2) is 94.7 Å². The van der Waals surface area contributed by atoms with Gasteiger partial charge in [0.2, 0.25) is 20.0 Å². The highest BCUT2D eigenvalue weighted by Crippen LogP contribution is 2.23. The molecule has 1 atom stereocenters. The van der Waals surface area contributed by atoms with Crippen molar-refractivity contribution in [3.63, 3.8) is 0 Å². The van der Waals surface area contributed by atoms with Gasteiger partial charge in [0.05, 0.1) is 15.8 Å². The van der Waals surface area contributed by atoms with Crippen LogP contribution in [-0.4, -0.2) is 35.2 Å². The number of rotatable bonds is 8. The second kappa shape index (κ2) is 9.09. The fraction of sp³-hybridized carbons (Fsp3) is 0.182. The van der Waals surface area contributed by atoms with E-state index in [-0.39, 0.29) is 9.79 Å². The first-order valence-corrected chi connectivity index (χ1v) is 12.3. The van der Waals surface area contributed by atoms with E-state index in [1.807, 2.05) is 60.7 Å². The lowest BCUT2D eigenvalue weighted by atomic mass is 10.00. The van der Waals surface area contributed by atoms with Crippen LogP contribution in [0.3, 0.4) is 0 Å². The normalized spacial score (nSPS) is 13.3. The molecule has 8 heteroatoms. The molecule has 0 aliphatic carbocycles. The number of benzene rings is 3. The van der Waals surface area contributed by atoms with Crippen molar-refractivity contribution >= 4 is 20.0 Å². The molecule has 0 unspecified atom stereocenters. The Morgan fingerprint density at radius 3 is 1.93 bits per heavy atom. The molecule has 1 N–H and O–H groups in total. The fourth-order valence-corrected chi connectivity index (χ4v) is 5.32. The van der Waals surface area contributed by atoms with Crippen molar-refractivity contribution in [2.75, 3.05) is 14.1 Å². The van der Waals surface area contributed by atoms with E-state index in [4.69, 9.17) is 0 Å². The van der Waals surface area contributed by atoms with Gasteiger partial charge in [0.1, 0.15) is 0 Å². The molecule has 0 heterocycles. The van der Waals surface area contributed by atoms with Crippen LogP contribution < -0.4 is 4.72 Å². The maximum Gasteiger partial charge on any atom is 0.242 e. The molecule has 30 heavy (non-hydrogen) atoms. The van der Waals surface area contributed by atoms with Gasteiger partial charge in [0.25, 0.3) is 0 Å². The van der Waals surface area contributed by atoms with Gasteiger partial charge in [0.15, 0.2) is 0 Å². The zero-order valence-corrected chi connectivity index (χ0v) is 18.4. The largest absolute Gasteiger partial charge is 0.242 e. The summed E-state index contributed by atoms with van der Waals surface area (Å²) < 4.78 is 54.9. The number of nitrogens with one attached hydrogen (secondary N) is 1. The van der Waals surface area contributed by atoms with Crippen LogP contribution in [-0.2, 0) is 26.5 Å². The van der Waals surface area contributed by atoms with E-state index in [1.165, 1.54) is 38.4 Å². The molecule has 0 bridgehead atoms. The minimum Gasteiger partial charge on any atom is -0.207 e. The van der Waals surface area contributed by atoms with Crippen LogP contribution in [0.1, 0.15) is 17.2 Å². The Kier molecular flexibility index (Phi) is 6.72. The number of hydrogen-bond donors (Lipinski definition) is 1. The third kappa shape index (κ3) is 5.14. The molecule has 0 saturated heterocycles. The van der Waals surface area contributed by atoms with Crippen LogP contribution in [0.5, 0.6) is 0 Å². The molecule has 0 radical (unpaired) electrons. The van der Waals surface area contributed by atoms with E-state index in [0.717, 1.165) is 15.4 Å². The van der Waals surface area contributed by atoms with Crippen LogP contribution >= 0.6 is 0 Å². The average molecular weight is 445 g/mol. The highest BCUT2D eigenvalue weighted by molar-refractivity contribution is 7.90. The van der Waals surface area contributed by atoms with Crippen LogP contribution in [0.4, 0.5) is 0 Å². The molecule has 158 valence electrons. The monoisotopic (exact) mass is 444 g/mol. The SMILES string of the molecule is CN(C)S(=O)(=O)c1cccc(S(=O)(=O)N[C@@H](Cc2ccccc2)c2ccccc2)c1. The van der Waals surface area contributed by atoms with Crippen molar-refractivity contribution in [2.24, 2.45) is 0 Å². The molecule has 3 rings (SSSR count). The zero-order chi connectivity index (χ0) is 21.8. The fourth-order valence-electron chi connectivity index (χ4n) is 3.03. The Hall–Kier alpha value is -2.52. The van der Waals surface area contributed by atoms with Gasteiger partial charge in [-0.05, 0) is 35.7 Å². The van der Waals surface area contributed by atoms with E-state index in [1.54, 1.807) is 0 Å². The van der Waals surface area contributed by atoms with E-state index in [2.05, 4.69) is 4.72 Å². The third-order valence-corrected chi connectivity index (χ3v) is 7.96. The zero-order valence-electron chi connectivity index (χ0n) is 16.8. The summed E-state index contributed by atoms with van der Waals surface area (Å²) in [6.45, 7) is 0. The van der Waals surface area contributed by atoms with Gasteiger partial charge in [-0.2, -0.15) is 0 Å². The smallest absolute Gasteiger partial charge is 0.207 e. The predicted octanol–water partition coefficient (Wildman–Crippen LogP) is 3.20. The van der Waals surface area contributed by atoms with E-state index < -0.39 is 26.1 Å². The maximum atomic E-state index is 13.1. The summed E-state index contributed by atoms with van der Waals surface area (Å²) in [5.41, 5.74) is 1.81. The lowest BCUT2D eigenvalue weighted by Gasteiger charge is -2.20. The number of hydrogen-bond acceptors (Lipinski definition) is 4. The Labute approximate surface area is 178 Å². The van der Waals surface area contributed by atoms with Crippen molar-refractivity contribution in [2.45, 2.75) is 22.3 Å². The standard InChI is InChI=1S/C22H24N2O4S2/c1-24(2)30(27,28)21-15-9-14-20(17-21)29(25,26)23-22(19-12-7-4-8-13-19)16-18-10-5-3-6-11-18/h3-15,17,22-23H,16H2,1-2H3/t22-/m0/s1. The van der Waals surface area contributed by atoms with Crippen LogP contribution in [0.25, 0.3) is 0 Å². The molecule has 0 spiro atoms. The van der Waals surface area contributed by atoms with Gasteiger partial charge in [-0.3, -0.25) is 0 Å². The third-order valence-electron chi connectivity index (χ3n) is 4.68. The molecular formula is C22H24N2O4S2. The van der Waals surface area contributed by atoms with Gasteiger partial charge < -0.3 is 0 Å². The van der Waals surface area contributed by atoms with E-state index in [0.29, 0.717) is 6.42 Å². The molecule has 3 aromatic carbocycles. The van der Waals surface area contributed by atoms with Gasteiger partial charge in [-0.15, -0.1) is 0 Å². The van der Waals surface area contributed by atoms with E-state index in [9.17, 15) is 16.8 Å². The number of nitrogens with zero attached hydrogens (tertiary/aromatic N) is 1. The predicted molar refractivity (Wildman–Crippen MR) is 117 cm³/mol.